The summed E-state index contributed by atoms with van der Waals surface area (Å²) >= 11 is 6.04. The maximum atomic E-state index is 12.4. The molecule has 7 nitrogen and oxygen atoms in total. The number of carbonyl (C=O) groups is 2. The van der Waals surface area contributed by atoms with E-state index < -0.39 is 11.9 Å². The lowest BCUT2D eigenvalue weighted by molar-refractivity contribution is -0.117. The first-order chi connectivity index (χ1) is 12.5. The van der Waals surface area contributed by atoms with E-state index in [1.54, 1.807) is 31.2 Å². The van der Waals surface area contributed by atoms with Crippen molar-refractivity contribution < 1.29 is 14.3 Å². The van der Waals surface area contributed by atoms with Gasteiger partial charge in [-0.2, -0.15) is 5.10 Å². The number of benzene rings is 2. The third-order valence-corrected chi connectivity index (χ3v) is 4.14. The zero-order chi connectivity index (χ0) is 18.7. The van der Waals surface area contributed by atoms with Gasteiger partial charge in [0.1, 0.15) is 11.8 Å². The molecular formula is C18H17ClN4O3. The summed E-state index contributed by atoms with van der Waals surface area (Å²) in [5, 5.41) is 13.2. The first kappa shape index (κ1) is 17.8. The van der Waals surface area contributed by atoms with Gasteiger partial charge >= 0.3 is 0 Å². The number of methoxy groups -OCH3 is 1. The summed E-state index contributed by atoms with van der Waals surface area (Å²) < 4.78 is 5.07. The summed E-state index contributed by atoms with van der Waals surface area (Å²) in [6, 6.07) is 11.4. The van der Waals surface area contributed by atoms with Crippen molar-refractivity contribution in [3.63, 3.8) is 0 Å². The molecule has 3 aromatic rings. The fraction of sp³-hybridized carbons (Fsp3) is 0.167. The highest BCUT2D eigenvalue weighted by molar-refractivity contribution is 6.32. The molecule has 0 radical (unpaired) electrons. The monoisotopic (exact) mass is 372 g/mol. The van der Waals surface area contributed by atoms with Crippen LogP contribution in [0.15, 0.2) is 42.5 Å². The second-order valence-electron chi connectivity index (χ2n) is 5.65. The molecule has 3 N–H and O–H groups in total. The zero-order valence-electron chi connectivity index (χ0n) is 14.2. The minimum atomic E-state index is -0.765. The van der Waals surface area contributed by atoms with Crippen LogP contribution in [0.25, 0.3) is 10.9 Å². The third kappa shape index (κ3) is 3.62. The van der Waals surface area contributed by atoms with Gasteiger partial charge in [-0.3, -0.25) is 14.7 Å². The zero-order valence-corrected chi connectivity index (χ0v) is 14.9. The second-order valence-corrected chi connectivity index (χ2v) is 6.06. The van der Waals surface area contributed by atoms with Crippen LogP contribution in [0.3, 0.4) is 0 Å². The highest BCUT2D eigenvalue weighted by Gasteiger charge is 2.20. The molecule has 0 bridgehead atoms. The van der Waals surface area contributed by atoms with Gasteiger partial charge in [0.05, 0.1) is 17.6 Å². The van der Waals surface area contributed by atoms with Crippen molar-refractivity contribution in [3.8, 4) is 5.75 Å². The number of nitrogens with one attached hydrogen (secondary N) is 3. The van der Waals surface area contributed by atoms with Crippen molar-refractivity contribution >= 4 is 40.0 Å². The molecule has 0 aliphatic carbocycles. The molecule has 0 saturated carbocycles. The number of amides is 2. The number of hydrogen-bond donors (Lipinski definition) is 3. The lowest BCUT2D eigenvalue weighted by Crippen LogP contribution is -2.41. The quantitative estimate of drug-likeness (QED) is 0.641. The summed E-state index contributed by atoms with van der Waals surface area (Å²) in [5.74, 6) is -0.297. The third-order valence-electron chi connectivity index (χ3n) is 3.85. The lowest BCUT2D eigenvalue weighted by atomic mass is 10.2. The number of nitrogens with zero attached hydrogens (tertiary/aromatic N) is 1. The van der Waals surface area contributed by atoms with Crippen molar-refractivity contribution in [3.05, 3.63) is 53.2 Å². The summed E-state index contributed by atoms with van der Waals surface area (Å²) in [7, 11) is 1.51. The Morgan fingerprint density at radius 3 is 2.73 bits per heavy atom. The standard InChI is InChI=1S/C18H17ClN4O3/c1-10(17(24)21-11-7-8-15(26-2)13(19)9-11)20-18(25)16-12-5-3-4-6-14(12)22-23-16/h3-10H,1-2H3,(H,20,25)(H,21,24)(H,22,23). The van der Waals surface area contributed by atoms with Gasteiger partial charge in [-0.05, 0) is 31.2 Å². The molecule has 1 unspecified atom stereocenters. The Morgan fingerprint density at radius 2 is 2.00 bits per heavy atom. The van der Waals surface area contributed by atoms with Crippen LogP contribution in [0.2, 0.25) is 5.02 Å². The molecule has 1 heterocycles. The average Bonchev–Trinajstić information content (AvgIpc) is 3.06. The van der Waals surface area contributed by atoms with E-state index in [1.165, 1.54) is 7.11 Å². The number of anilines is 1. The predicted octanol–water partition coefficient (Wildman–Crippen LogP) is 2.98. The Bertz CT molecular complexity index is 970. The number of aromatic nitrogens is 2. The van der Waals surface area contributed by atoms with Gasteiger partial charge in [0.25, 0.3) is 5.91 Å². The summed E-state index contributed by atoms with van der Waals surface area (Å²) in [5.41, 5.74) is 1.50. The minimum Gasteiger partial charge on any atom is -0.495 e. The van der Waals surface area contributed by atoms with E-state index in [1.807, 2.05) is 18.2 Å². The molecule has 2 amide bonds. The van der Waals surface area contributed by atoms with Crippen molar-refractivity contribution in [1.82, 2.24) is 15.5 Å². The van der Waals surface area contributed by atoms with Crippen LogP contribution < -0.4 is 15.4 Å². The number of para-hydroxylation sites is 1. The first-order valence-electron chi connectivity index (χ1n) is 7.88. The lowest BCUT2D eigenvalue weighted by Gasteiger charge is -2.14. The number of halogens is 1. The van der Waals surface area contributed by atoms with Gasteiger partial charge < -0.3 is 15.4 Å². The molecular weight excluding hydrogens is 356 g/mol. The van der Waals surface area contributed by atoms with Crippen molar-refractivity contribution in [2.45, 2.75) is 13.0 Å². The normalized spacial score (nSPS) is 11.8. The molecule has 0 spiro atoms. The molecule has 1 aromatic heterocycles. The molecule has 2 aromatic carbocycles. The Morgan fingerprint density at radius 1 is 1.23 bits per heavy atom. The summed E-state index contributed by atoms with van der Waals surface area (Å²) in [4.78, 5) is 24.7. The smallest absolute Gasteiger partial charge is 0.273 e. The van der Waals surface area contributed by atoms with Crippen LogP contribution in [0.1, 0.15) is 17.4 Å². The van der Waals surface area contributed by atoms with Gasteiger partial charge in [0.2, 0.25) is 5.91 Å². The van der Waals surface area contributed by atoms with Crippen molar-refractivity contribution in [1.29, 1.82) is 0 Å². The maximum absolute atomic E-state index is 12.4. The van der Waals surface area contributed by atoms with Crippen LogP contribution >= 0.6 is 11.6 Å². The Balaban J connectivity index is 1.67. The van der Waals surface area contributed by atoms with Crippen LogP contribution in [0.5, 0.6) is 5.75 Å². The SMILES string of the molecule is COc1ccc(NC(=O)C(C)NC(=O)c2n[nH]c3ccccc23)cc1Cl. The number of aromatic amines is 1. The fourth-order valence-corrected chi connectivity index (χ4v) is 2.72. The number of hydrogen-bond acceptors (Lipinski definition) is 4. The molecule has 8 heteroatoms. The van der Waals surface area contributed by atoms with E-state index in [9.17, 15) is 9.59 Å². The number of carbonyl (C=O) groups excluding carboxylic acids is 2. The van der Waals surface area contributed by atoms with Gasteiger partial charge in [-0.1, -0.05) is 29.8 Å². The largest absolute Gasteiger partial charge is 0.495 e. The number of rotatable bonds is 5. The van der Waals surface area contributed by atoms with E-state index in [2.05, 4.69) is 20.8 Å². The molecule has 0 saturated heterocycles. The Kier molecular flexibility index (Phi) is 5.09. The van der Waals surface area contributed by atoms with E-state index in [0.29, 0.717) is 21.8 Å². The van der Waals surface area contributed by atoms with Crippen LogP contribution in [-0.2, 0) is 4.79 Å². The van der Waals surface area contributed by atoms with E-state index in [-0.39, 0.29) is 11.6 Å². The molecule has 0 aliphatic rings. The van der Waals surface area contributed by atoms with E-state index >= 15 is 0 Å². The van der Waals surface area contributed by atoms with Crippen LogP contribution in [-0.4, -0.2) is 35.2 Å². The fourth-order valence-electron chi connectivity index (χ4n) is 2.46. The molecule has 26 heavy (non-hydrogen) atoms. The van der Waals surface area contributed by atoms with Crippen molar-refractivity contribution in [2.75, 3.05) is 12.4 Å². The molecule has 3 rings (SSSR count). The molecule has 0 aliphatic heterocycles. The summed E-state index contributed by atoms with van der Waals surface area (Å²) in [6.45, 7) is 1.59. The molecule has 1 atom stereocenters. The summed E-state index contributed by atoms with van der Waals surface area (Å²) in [6.07, 6.45) is 0. The topological polar surface area (TPSA) is 96.1 Å². The first-order valence-corrected chi connectivity index (χ1v) is 8.25. The van der Waals surface area contributed by atoms with Gasteiger partial charge in [-0.15, -0.1) is 0 Å². The Labute approximate surface area is 154 Å². The van der Waals surface area contributed by atoms with Gasteiger partial charge in [0, 0.05) is 11.1 Å². The van der Waals surface area contributed by atoms with Crippen molar-refractivity contribution in [2.24, 2.45) is 0 Å². The Hall–Kier alpha value is -3.06. The number of H-pyrrole nitrogens is 1. The second kappa shape index (κ2) is 7.45. The van der Waals surface area contributed by atoms with E-state index in [4.69, 9.17) is 16.3 Å². The van der Waals surface area contributed by atoms with E-state index in [0.717, 1.165) is 5.52 Å². The average molecular weight is 373 g/mol. The number of fused-ring (bicyclic) bond motifs is 1. The van der Waals surface area contributed by atoms with Crippen LogP contribution in [0.4, 0.5) is 5.69 Å². The number of ether oxygens (including phenoxy) is 1. The molecule has 0 fully saturated rings. The minimum absolute atomic E-state index is 0.243. The predicted molar refractivity (Wildman–Crippen MR) is 99.7 cm³/mol. The highest BCUT2D eigenvalue weighted by Crippen LogP contribution is 2.27. The van der Waals surface area contributed by atoms with Crippen LogP contribution in [0, 0.1) is 0 Å². The maximum Gasteiger partial charge on any atom is 0.273 e. The molecule has 134 valence electrons. The highest BCUT2D eigenvalue weighted by atomic mass is 35.5. The van der Waals surface area contributed by atoms with Gasteiger partial charge in [0.15, 0.2) is 5.69 Å². The van der Waals surface area contributed by atoms with Gasteiger partial charge in [-0.25, -0.2) is 0 Å².